The van der Waals surface area contributed by atoms with E-state index in [4.69, 9.17) is 9.88 Å². The lowest BCUT2D eigenvalue weighted by molar-refractivity contribution is -0.0390. The van der Waals surface area contributed by atoms with Crippen molar-refractivity contribution in [2.75, 3.05) is 19.7 Å². The first-order valence-electron chi connectivity index (χ1n) is 7.73. The van der Waals surface area contributed by atoms with Crippen LogP contribution in [-0.4, -0.2) is 57.1 Å². The second-order valence-corrected chi connectivity index (χ2v) is 7.91. The normalized spacial score (nSPS) is 27.7. The van der Waals surface area contributed by atoms with Crippen molar-refractivity contribution in [3.63, 3.8) is 0 Å². The summed E-state index contributed by atoms with van der Waals surface area (Å²) in [6.45, 7) is 4.08. The second-order valence-electron chi connectivity index (χ2n) is 6.34. The molecular weight excluding hydrogens is 337 g/mol. The van der Waals surface area contributed by atoms with Gasteiger partial charge >= 0.3 is 0 Å². The van der Waals surface area contributed by atoms with Crippen LogP contribution in [0.4, 0.5) is 4.39 Å². The molecule has 0 saturated carbocycles. The van der Waals surface area contributed by atoms with E-state index in [9.17, 15) is 17.6 Å². The van der Waals surface area contributed by atoms with Gasteiger partial charge in [0.2, 0.25) is 10.0 Å². The van der Waals surface area contributed by atoms with Crippen LogP contribution in [0.3, 0.4) is 0 Å². The minimum absolute atomic E-state index is 0.131. The van der Waals surface area contributed by atoms with Crippen LogP contribution in [0.25, 0.3) is 0 Å². The zero-order chi connectivity index (χ0) is 17.5. The molecule has 0 aliphatic carbocycles. The summed E-state index contributed by atoms with van der Waals surface area (Å²) in [5.74, 6) is -1.43. The molecular formula is C15H20FN3O4S. The van der Waals surface area contributed by atoms with Crippen molar-refractivity contribution in [1.29, 1.82) is 0 Å². The first-order valence-corrected chi connectivity index (χ1v) is 9.27. The molecule has 1 amide bonds. The number of nitrogens with two attached hydrogens (primary N) is 1. The van der Waals surface area contributed by atoms with Gasteiger partial charge in [0.15, 0.2) is 0 Å². The molecule has 2 heterocycles. The molecule has 2 saturated heterocycles. The number of hydrogen-bond acceptors (Lipinski definition) is 5. The predicted octanol–water partition coefficient (Wildman–Crippen LogP) is 0.0645. The lowest BCUT2D eigenvalue weighted by atomic mass is 10.1. The minimum atomic E-state index is -4.00. The maximum atomic E-state index is 13.9. The van der Waals surface area contributed by atoms with Gasteiger partial charge in [-0.05, 0) is 31.5 Å². The summed E-state index contributed by atoms with van der Waals surface area (Å²) in [6.07, 6.45) is 0.870. The van der Waals surface area contributed by atoms with Gasteiger partial charge in [-0.25, -0.2) is 17.9 Å². The van der Waals surface area contributed by atoms with E-state index in [0.717, 1.165) is 31.2 Å². The minimum Gasteiger partial charge on any atom is -0.376 e. The SMILES string of the molecule is C[C@@H]1CN2C[C@@H](NC(=O)c3cc(S(N)(=O)=O)ccc3F)C[C@H]2CO1. The monoisotopic (exact) mass is 357 g/mol. The average molecular weight is 357 g/mol. The third-order valence-corrected chi connectivity index (χ3v) is 5.35. The van der Waals surface area contributed by atoms with Crippen molar-refractivity contribution in [1.82, 2.24) is 10.2 Å². The Kier molecular flexibility index (Phi) is 4.60. The van der Waals surface area contributed by atoms with Crippen molar-refractivity contribution < 1.29 is 22.3 Å². The molecule has 0 spiro atoms. The molecule has 0 bridgehead atoms. The van der Waals surface area contributed by atoms with E-state index in [2.05, 4.69) is 10.2 Å². The summed E-state index contributed by atoms with van der Waals surface area (Å²) in [7, 11) is -4.00. The van der Waals surface area contributed by atoms with Gasteiger partial charge < -0.3 is 10.1 Å². The number of benzene rings is 1. The number of carbonyl (C=O) groups excluding carboxylic acids is 1. The molecule has 7 nitrogen and oxygen atoms in total. The fraction of sp³-hybridized carbons (Fsp3) is 0.533. The number of sulfonamides is 1. The van der Waals surface area contributed by atoms with Gasteiger partial charge in [-0.3, -0.25) is 9.69 Å². The Morgan fingerprint density at radius 3 is 2.88 bits per heavy atom. The molecule has 3 atom stereocenters. The number of ether oxygens (including phenoxy) is 1. The molecule has 3 N–H and O–H groups in total. The van der Waals surface area contributed by atoms with Crippen molar-refractivity contribution in [2.24, 2.45) is 5.14 Å². The van der Waals surface area contributed by atoms with E-state index < -0.39 is 21.7 Å². The van der Waals surface area contributed by atoms with Crippen LogP contribution in [0.15, 0.2) is 23.1 Å². The molecule has 2 fully saturated rings. The number of primary sulfonamides is 1. The van der Waals surface area contributed by atoms with Crippen molar-refractivity contribution in [2.45, 2.75) is 36.4 Å². The summed E-state index contributed by atoms with van der Waals surface area (Å²) in [6, 6.07) is 3.05. The third-order valence-electron chi connectivity index (χ3n) is 4.44. The van der Waals surface area contributed by atoms with E-state index in [1.54, 1.807) is 0 Å². The van der Waals surface area contributed by atoms with Gasteiger partial charge in [-0.15, -0.1) is 0 Å². The summed E-state index contributed by atoms with van der Waals surface area (Å²) in [5, 5.41) is 7.80. The van der Waals surface area contributed by atoms with Crippen LogP contribution in [0.2, 0.25) is 0 Å². The Labute approximate surface area is 140 Å². The van der Waals surface area contributed by atoms with Crippen LogP contribution >= 0.6 is 0 Å². The van der Waals surface area contributed by atoms with Crippen LogP contribution in [0, 0.1) is 5.82 Å². The molecule has 1 aromatic carbocycles. The zero-order valence-electron chi connectivity index (χ0n) is 13.2. The molecule has 2 aliphatic heterocycles. The van der Waals surface area contributed by atoms with Gasteiger partial charge in [0.05, 0.1) is 23.2 Å². The van der Waals surface area contributed by atoms with E-state index >= 15 is 0 Å². The summed E-state index contributed by atoms with van der Waals surface area (Å²) < 4.78 is 42.2. The molecule has 0 radical (unpaired) electrons. The lowest BCUT2D eigenvalue weighted by Gasteiger charge is -2.33. The van der Waals surface area contributed by atoms with Crippen molar-refractivity contribution >= 4 is 15.9 Å². The Morgan fingerprint density at radius 2 is 2.17 bits per heavy atom. The standard InChI is InChI=1S/C15H20FN3O4S/c1-9-6-19-7-10(4-11(19)8-23-9)18-15(20)13-5-12(24(17,21)22)2-3-14(13)16/h2-3,5,9-11H,4,6-8H2,1H3,(H,18,20)(H2,17,21,22)/t9-,10+,11+/m1/s1. The zero-order valence-corrected chi connectivity index (χ0v) is 14.1. The number of fused-ring (bicyclic) bond motifs is 1. The Balaban J connectivity index is 1.72. The van der Waals surface area contributed by atoms with E-state index in [0.29, 0.717) is 13.2 Å². The molecule has 1 aromatic rings. The second kappa shape index (κ2) is 6.40. The van der Waals surface area contributed by atoms with E-state index in [-0.39, 0.29) is 28.6 Å². The number of nitrogens with zero attached hydrogens (tertiary/aromatic N) is 1. The van der Waals surface area contributed by atoms with Crippen LogP contribution in [0.1, 0.15) is 23.7 Å². The van der Waals surface area contributed by atoms with Gasteiger partial charge in [0.1, 0.15) is 5.82 Å². The number of hydrogen-bond donors (Lipinski definition) is 2. The molecule has 24 heavy (non-hydrogen) atoms. The Morgan fingerprint density at radius 1 is 1.42 bits per heavy atom. The third kappa shape index (κ3) is 3.59. The number of carbonyl (C=O) groups is 1. The smallest absolute Gasteiger partial charge is 0.254 e. The van der Waals surface area contributed by atoms with Gasteiger partial charge in [-0.1, -0.05) is 0 Å². The highest BCUT2D eigenvalue weighted by Gasteiger charge is 2.37. The van der Waals surface area contributed by atoms with Gasteiger partial charge in [0, 0.05) is 25.2 Å². The van der Waals surface area contributed by atoms with Gasteiger partial charge in [0.25, 0.3) is 5.91 Å². The fourth-order valence-electron chi connectivity index (χ4n) is 3.26. The molecule has 0 aromatic heterocycles. The predicted molar refractivity (Wildman–Crippen MR) is 84.4 cm³/mol. The maximum absolute atomic E-state index is 13.9. The fourth-order valence-corrected chi connectivity index (χ4v) is 3.80. The first-order chi connectivity index (χ1) is 11.2. The van der Waals surface area contributed by atoms with Crippen LogP contribution < -0.4 is 10.5 Å². The van der Waals surface area contributed by atoms with Crippen molar-refractivity contribution in [3.8, 4) is 0 Å². The number of halogens is 1. The van der Waals surface area contributed by atoms with E-state index in [1.165, 1.54) is 0 Å². The van der Waals surface area contributed by atoms with Crippen LogP contribution in [0.5, 0.6) is 0 Å². The largest absolute Gasteiger partial charge is 0.376 e. The van der Waals surface area contributed by atoms with E-state index in [1.807, 2.05) is 6.92 Å². The lowest BCUT2D eigenvalue weighted by Crippen LogP contribution is -2.45. The highest BCUT2D eigenvalue weighted by Crippen LogP contribution is 2.23. The van der Waals surface area contributed by atoms with Crippen molar-refractivity contribution in [3.05, 3.63) is 29.6 Å². The summed E-state index contributed by atoms with van der Waals surface area (Å²) >= 11 is 0. The average Bonchev–Trinajstić information content (AvgIpc) is 2.87. The summed E-state index contributed by atoms with van der Waals surface area (Å²) in [4.78, 5) is 14.3. The quantitative estimate of drug-likeness (QED) is 0.797. The van der Waals surface area contributed by atoms with Gasteiger partial charge in [-0.2, -0.15) is 0 Å². The highest BCUT2D eigenvalue weighted by atomic mass is 32.2. The number of morpholine rings is 1. The maximum Gasteiger partial charge on any atom is 0.254 e. The highest BCUT2D eigenvalue weighted by molar-refractivity contribution is 7.89. The Hall–Kier alpha value is -1.55. The van der Waals surface area contributed by atoms with Crippen LogP contribution in [-0.2, 0) is 14.8 Å². The topological polar surface area (TPSA) is 102 Å². The molecule has 3 rings (SSSR count). The molecule has 0 unspecified atom stereocenters. The molecule has 132 valence electrons. The number of amides is 1. The first kappa shape index (κ1) is 17.3. The molecule has 9 heteroatoms. The Bertz CT molecular complexity index is 755. The number of nitrogens with one attached hydrogen (secondary N) is 1. The summed E-state index contributed by atoms with van der Waals surface area (Å²) in [5.41, 5.74) is -0.323. The molecule has 2 aliphatic rings. The number of rotatable bonds is 3.